The number of carbonyl (C=O) groups excluding carboxylic acids is 1. The molecule has 0 N–H and O–H groups in total. The van der Waals surface area contributed by atoms with Gasteiger partial charge in [-0.05, 0) is 24.0 Å². The van der Waals surface area contributed by atoms with Crippen LogP contribution in [-0.4, -0.2) is 29.8 Å². The lowest BCUT2D eigenvalue weighted by Gasteiger charge is -2.41. The molecule has 0 aliphatic carbocycles. The van der Waals surface area contributed by atoms with Crippen molar-refractivity contribution < 1.29 is 9.53 Å². The highest BCUT2D eigenvalue weighted by Crippen LogP contribution is 2.49. The second kappa shape index (κ2) is 11.3. The highest BCUT2D eigenvalue weighted by molar-refractivity contribution is 8.20. The maximum absolute atomic E-state index is 13.7. The second-order valence-corrected chi connectivity index (χ2v) is 14.1. The van der Waals surface area contributed by atoms with Crippen molar-refractivity contribution in [1.29, 1.82) is 0 Å². The summed E-state index contributed by atoms with van der Waals surface area (Å²) >= 11 is 13.6. The zero-order valence-electron chi connectivity index (χ0n) is 20.4. The lowest BCUT2D eigenvalue weighted by atomic mass is 9.90. The van der Waals surface area contributed by atoms with Gasteiger partial charge in [-0.25, -0.2) is 4.79 Å². The third kappa shape index (κ3) is 5.17. The average Bonchev–Trinajstić information content (AvgIpc) is 2.98. The molecule has 1 aliphatic heterocycles. The summed E-state index contributed by atoms with van der Waals surface area (Å²) in [5.74, 6) is -0.435. The summed E-state index contributed by atoms with van der Waals surface area (Å²) in [6, 6.07) is 39.7. The maximum atomic E-state index is 13.7. The predicted molar refractivity (Wildman–Crippen MR) is 157 cm³/mol. The van der Waals surface area contributed by atoms with Crippen molar-refractivity contribution in [2.24, 2.45) is 0 Å². The maximum Gasteiger partial charge on any atom is 0.336 e. The topological polar surface area (TPSA) is 29.5 Å². The summed E-state index contributed by atoms with van der Waals surface area (Å²) in [5, 5.41) is 2.36. The molecule has 0 radical (unpaired) electrons. The van der Waals surface area contributed by atoms with Crippen LogP contribution in [0.25, 0.3) is 0 Å². The summed E-state index contributed by atoms with van der Waals surface area (Å²) in [5.41, 5.74) is 1.41. The van der Waals surface area contributed by atoms with Crippen LogP contribution in [0.5, 0.6) is 0 Å². The van der Waals surface area contributed by atoms with Gasteiger partial charge in [-0.15, -0.1) is 0 Å². The number of hydrogen-bond donors (Lipinski definition) is 0. The van der Waals surface area contributed by atoms with Crippen LogP contribution in [0.1, 0.15) is 24.0 Å². The van der Waals surface area contributed by atoms with E-state index in [0.29, 0.717) is 24.0 Å². The fourth-order valence-electron chi connectivity index (χ4n) is 4.95. The molecule has 0 atom stereocenters. The summed E-state index contributed by atoms with van der Waals surface area (Å²) in [6.07, 6.45) is -0.989. The lowest BCUT2D eigenvalue weighted by molar-refractivity contribution is -0.153. The molecular formula is C31H29ClNO2PS. The normalized spacial score (nSPS) is 15.3. The van der Waals surface area contributed by atoms with E-state index >= 15 is 0 Å². The highest BCUT2D eigenvalue weighted by Gasteiger charge is 2.43. The third-order valence-electron chi connectivity index (χ3n) is 6.93. The number of piperidine rings is 1. The van der Waals surface area contributed by atoms with Crippen molar-refractivity contribution in [1.82, 2.24) is 4.67 Å². The Hall–Kier alpha value is -2.75. The zero-order chi connectivity index (χ0) is 25.7. The Balaban J connectivity index is 1.36. The molecule has 1 saturated heterocycles. The van der Waals surface area contributed by atoms with E-state index in [4.69, 9.17) is 28.1 Å². The van der Waals surface area contributed by atoms with Gasteiger partial charge in [0.2, 0.25) is 0 Å². The quantitative estimate of drug-likeness (QED) is 0.157. The molecule has 0 aromatic heterocycles. The van der Waals surface area contributed by atoms with E-state index in [1.807, 2.05) is 72.8 Å². The van der Waals surface area contributed by atoms with E-state index in [9.17, 15) is 4.79 Å². The number of carbonyl (C=O) groups is 1. The van der Waals surface area contributed by atoms with Crippen LogP contribution in [0, 0.1) is 0 Å². The van der Waals surface area contributed by atoms with Crippen molar-refractivity contribution in [2.75, 3.05) is 13.1 Å². The molecule has 0 saturated carbocycles. The number of halogens is 1. The average molecular weight is 546 g/mol. The second-order valence-electron chi connectivity index (χ2n) is 9.20. The van der Waals surface area contributed by atoms with E-state index in [0.717, 1.165) is 13.1 Å². The predicted octanol–water partition coefficient (Wildman–Crippen LogP) is 6.22. The third-order valence-corrected chi connectivity index (χ3v) is 12.7. The molecule has 4 aromatic rings. The summed E-state index contributed by atoms with van der Waals surface area (Å²) in [7, 11) is 0. The van der Waals surface area contributed by atoms with Crippen molar-refractivity contribution in [2.45, 2.75) is 23.8 Å². The van der Waals surface area contributed by atoms with Crippen molar-refractivity contribution in [3.05, 3.63) is 132 Å². The molecule has 4 aromatic carbocycles. The van der Waals surface area contributed by atoms with Crippen LogP contribution in [0.3, 0.4) is 0 Å². The van der Waals surface area contributed by atoms with Crippen LogP contribution in [0.2, 0.25) is 0 Å². The van der Waals surface area contributed by atoms with Crippen LogP contribution in [0.4, 0.5) is 0 Å². The summed E-state index contributed by atoms with van der Waals surface area (Å²) in [6.45, 7) is 1.51. The molecule has 5 rings (SSSR count). The van der Waals surface area contributed by atoms with Crippen LogP contribution in [-0.2, 0) is 26.2 Å². The van der Waals surface area contributed by atoms with Crippen LogP contribution in [0.15, 0.2) is 121 Å². The van der Waals surface area contributed by atoms with Gasteiger partial charge in [0.05, 0.1) is 6.19 Å². The Morgan fingerprint density at radius 1 is 0.730 bits per heavy atom. The van der Waals surface area contributed by atoms with Crippen LogP contribution >= 0.6 is 17.8 Å². The Morgan fingerprint density at radius 3 is 1.51 bits per heavy atom. The number of alkyl halides is 1. The first kappa shape index (κ1) is 25.9. The van der Waals surface area contributed by atoms with Crippen molar-refractivity contribution >= 4 is 46.2 Å². The summed E-state index contributed by atoms with van der Waals surface area (Å²) < 4.78 is 8.55. The molecule has 0 spiro atoms. The van der Waals surface area contributed by atoms with Gasteiger partial charge in [0.15, 0.2) is 4.87 Å². The van der Waals surface area contributed by atoms with Gasteiger partial charge in [-0.3, -0.25) is 4.67 Å². The van der Waals surface area contributed by atoms with Crippen molar-refractivity contribution in [3.63, 3.8) is 0 Å². The monoisotopic (exact) mass is 545 g/mol. The van der Waals surface area contributed by atoms with Gasteiger partial charge in [0, 0.05) is 23.7 Å². The molecule has 1 aliphatic rings. The van der Waals surface area contributed by atoms with E-state index < -0.39 is 17.0 Å². The van der Waals surface area contributed by atoms with Crippen LogP contribution < -0.4 is 10.6 Å². The minimum absolute atomic E-state index is 0.218. The Bertz CT molecular complexity index is 1280. The van der Waals surface area contributed by atoms with E-state index in [-0.39, 0.29) is 6.10 Å². The Morgan fingerprint density at radius 2 is 1.11 bits per heavy atom. The first-order valence-corrected chi connectivity index (χ1v) is 15.6. The SMILES string of the molecule is O=C(OC1CCN(P(=S)(c2ccccc2)c2ccccc2)CC1)C(Cl)(c1ccccc1)c1ccccc1. The molecule has 6 heteroatoms. The number of rotatable bonds is 7. The summed E-state index contributed by atoms with van der Waals surface area (Å²) in [4.78, 5) is 12.3. The number of nitrogens with zero attached hydrogens (tertiary/aromatic N) is 1. The minimum Gasteiger partial charge on any atom is -0.460 e. The first-order valence-electron chi connectivity index (χ1n) is 12.5. The lowest BCUT2D eigenvalue weighted by Crippen LogP contribution is -2.42. The van der Waals surface area contributed by atoms with Gasteiger partial charge in [0.25, 0.3) is 0 Å². The van der Waals surface area contributed by atoms with E-state index in [1.54, 1.807) is 0 Å². The van der Waals surface area contributed by atoms with Gasteiger partial charge < -0.3 is 4.74 Å². The smallest absolute Gasteiger partial charge is 0.336 e. The Kier molecular flexibility index (Phi) is 7.92. The zero-order valence-corrected chi connectivity index (χ0v) is 22.9. The molecule has 0 bridgehead atoms. The fraction of sp³-hybridized carbons (Fsp3) is 0.194. The molecule has 0 unspecified atom stereocenters. The van der Waals surface area contributed by atoms with E-state index in [2.05, 4.69) is 53.2 Å². The number of hydrogen-bond acceptors (Lipinski definition) is 3. The standard InChI is InChI=1S/C31H29ClNO2PS/c32-31(25-13-5-1-6-14-25,26-15-7-2-8-16-26)30(34)35-27-21-23-33(24-22-27)36(37,28-17-9-3-10-18-28)29-19-11-4-12-20-29/h1-20,27H,21-24H2. The van der Waals surface area contributed by atoms with Gasteiger partial charge in [-0.1, -0.05) is 145 Å². The Labute approximate surface area is 229 Å². The van der Waals surface area contributed by atoms with Gasteiger partial charge in [-0.2, -0.15) is 0 Å². The molecule has 1 heterocycles. The van der Waals surface area contributed by atoms with E-state index in [1.165, 1.54) is 10.6 Å². The molecule has 0 amide bonds. The first-order chi connectivity index (χ1) is 18.0. The number of esters is 1. The van der Waals surface area contributed by atoms with Gasteiger partial charge >= 0.3 is 5.97 Å². The molecule has 3 nitrogen and oxygen atoms in total. The fourth-order valence-corrected chi connectivity index (χ4v) is 9.36. The highest BCUT2D eigenvalue weighted by atomic mass is 35.5. The molecule has 1 fully saturated rings. The van der Waals surface area contributed by atoms with Crippen molar-refractivity contribution in [3.8, 4) is 0 Å². The molecule has 188 valence electrons. The van der Waals surface area contributed by atoms with Gasteiger partial charge in [0.1, 0.15) is 6.10 Å². The molecule has 37 heavy (non-hydrogen) atoms. The minimum atomic E-state index is -2.19. The number of ether oxygens (including phenoxy) is 1. The number of benzene rings is 4. The largest absolute Gasteiger partial charge is 0.460 e. The molecular weight excluding hydrogens is 517 g/mol.